The Kier molecular flexibility index (Phi) is 7.30. The average molecular weight is 490 g/mol. The zero-order valence-electron chi connectivity index (χ0n) is 20.6. The summed E-state index contributed by atoms with van der Waals surface area (Å²) in [6, 6.07) is 16.2. The van der Waals surface area contributed by atoms with Crippen LogP contribution in [0.1, 0.15) is 30.5 Å². The van der Waals surface area contributed by atoms with Crippen molar-refractivity contribution in [3.63, 3.8) is 0 Å². The molecule has 1 aromatic heterocycles. The van der Waals surface area contributed by atoms with Crippen LogP contribution in [0.15, 0.2) is 59.8 Å². The molecule has 0 bridgehead atoms. The average Bonchev–Trinajstić information content (AvgIpc) is 3.17. The highest BCUT2D eigenvalue weighted by Crippen LogP contribution is 2.33. The van der Waals surface area contributed by atoms with E-state index in [1.807, 2.05) is 57.2 Å². The van der Waals surface area contributed by atoms with Crippen molar-refractivity contribution in [2.24, 2.45) is 5.16 Å². The summed E-state index contributed by atoms with van der Waals surface area (Å²) in [5.41, 5.74) is 4.66. The van der Waals surface area contributed by atoms with E-state index in [9.17, 15) is 14.9 Å². The molecule has 0 aliphatic carbocycles. The van der Waals surface area contributed by atoms with E-state index in [1.165, 1.54) is 6.07 Å². The Hall–Kier alpha value is -4.24. The van der Waals surface area contributed by atoms with Gasteiger partial charge in [0.15, 0.2) is 0 Å². The lowest BCUT2D eigenvalue weighted by Crippen LogP contribution is -2.18. The van der Waals surface area contributed by atoms with Crippen molar-refractivity contribution in [3.8, 4) is 5.75 Å². The first-order valence-electron chi connectivity index (χ1n) is 11.5. The van der Waals surface area contributed by atoms with Gasteiger partial charge in [0.2, 0.25) is 0 Å². The van der Waals surface area contributed by atoms with Crippen molar-refractivity contribution in [3.05, 3.63) is 81.4 Å². The summed E-state index contributed by atoms with van der Waals surface area (Å²) in [4.78, 5) is 26.8. The summed E-state index contributed by atoms with van der Waals surface area (Å²) in [6.07, 6.45) is -0.117. The van der Waals surface area contributed by atoms with Crippen molar-refractivity contribution >= 4 is 39.7 Å². The van der Waals surface area contributed by atoms with Crippen LogP contribution in [0.5, 0.6) is 5.75 Å². The maximum atomic E-state index is 11.4. The molecule has 0 N–H and O–H groups in total. The van der Waals surface area contributed by atoms with Gasteiger partial charge in [0.25, 0.3) is 5.69 Å². The van der Waals surface area contributed by atoms with E-state index < -0.39 is 4.92 Å². The SMILES string of the molecule is CCn1c2ccc(C(=NOC=O)c3ccc(OC(C)COC)cc3C)cc2c2cc([N+](=O)[O-])ccc21. The number of benzene rings is 3. The van der Waals surface area contributed by atoms with Crippen LogP contribution in [0.25, 0.3) is 21.8 Å². The molecule has 186 valence electrons. The number of nitro benzene ring substituents is 1. The summed E-state index contributed by atoms with van der Waals surface area (Å²) >= 11 is 0. The molecule has 3 aromatic carbocycles. The number of nitrogens with zero attached hydrogens (tertiary/aromatic N) is 3. The van der Waals surface area contributed by atoms with Crippen molar-refractivity contribution in [2.75, 3.05) is 13.7 Å². The zero-order valence-corrected chi connectivity index (χ0v) is 20.6. The van der Waals surface area contributed by atoms with Gasteiger partial charge in [-0.15, -0.1) is 0 Å². The maximum Gasteiger partial charge on any atom is 0.323 e. The van der Waals surface area contributed by atoms with Crippen molar-refractivity contribution in [1.82, 2.24) is 4.57 Å². The molecule has 36 heavy (non-hydrogen) atoms. The Morgan fingerprint density at radius 1 is 1.11 bits per heavy atom. The highest BCUT2D eigenvalue weighted by atomic mass is 16.7. The van der Waals surface area contributed by atoms with E-state index in [-0.39, 0.29) is 18.3 Å². The Balaban J connectivity index is 1.85. The second kappa shape index (κ2) is 10.6. The van der Waals surface area contributed by atoms with Crippen LogP contribution in [0.2, 0.25) is 0 Å². The number of ether oxygens (including phenoxy) is 2. The van der Waals surface area contributed by atoms with Gasteiger partial charge >= 0.3 is 6.47 Å². The van der Waals surface area contributed by atoms with E-state index >= 15 is 0 Å². The molecular weight excluding hydrogens is 462 g/mol. The highest BCUT2D eigenvalue weighted by molar-refractivity contribution is 6.17. The summed E-state index contributed by atoms with van der Waals surface area (Å²) in [7, 11) is 1.62. The third-order valence-corrected chi connectivity index (χ3v) is 6.03. The summed E-state index contributed by atoms with van der Waals surface area (Å²) < 4.78 is 13.1. The minimum absolute atomic E-state index is 0.0235. The lowest BCUT2D eigenvalue weighted by molar-refractivity contribution is -0.384. The van der Waals surface area contributed by atoms with Gasteiger partial charge in [0, 0.05) is 58.7 Å². The maximum absolute atomic E-state index is 11.4. The molecule has 0 aliphatic heterocycles. The number of fused-ring (bicyclic) bond motifs is 3. The molecule has 0 fully saturated rings. The Morgan fingerprint density at radius 2 is 1.83 bits per heavy atom. The molecule has 4 rings (SSSR count). The molecule has 1 heterocycles. The number of methoxy groups -OCH3 is 1. The summed E-state index contributed by atoms with van der Waals surface area (Å²) in [5, 5.41) is 17.1. The Bertz CT molecular complexity index is 1470. The largest absolute Gasteiger partial charge is 0.488 e. The number of carbonyl (C=O) groups excluding carboxylic acids is 1. The molecule has 0 amide bonds. The number of carbonyl (C=O) groups is 1. The summed E-state index contributed by atoms with van der Waals surface area (Å²) in [5.74, 6) is 0.685. The number of aryl methyl sites for hydroxylation is 2. The van der Waals surface area contributed by atoms with Crippen LogP contribution < -0.4 is 4.74 Å². The smallest absolute Gasteiger partial charge is 0.323 e. The van der Waals surface area contributed by atoms with Crippen LogP contribution in [0, 0.1) is 17.0 Å². The monoisotopic (exact) mass is 489 g/mol. The molecule has 0 aliphatic rings. The van der Waals surface area contributed by atoms with Gasteiger partial charge in [-0.1, -0.05) is 11.2 Å². The Morgan fingerprint density at radius 3 is 2.47 bits per heavy atom. The Labute approximate surface area is 208 Å². The summed E-state index contributed by atoms with van der Waals surface area (Å²) in [6.45, 7) is 7.30. The number of oxime groups is 1. The number of hydrogen-bond acceptors (Lipinski definition) is 7. The van der Waals surface area contributed by atoms with Gasteiger partial charge in [-0.2, -0.15) is 0 Å². The molecule has 4 aromatic rings. The molecule has 1 atom stereocenters. The van der Waals surface area contributed by atoms with Crippen LogP contribution in [-0.4, -0.2) is 41.5 Å². The quantitative estimate of drug-likeness (QED) is 0.0975. The standard InChI is InChI=1S/C27H27N3O6/c1-5-29-25-10-6-19(13-23(25)24-14-20(30(32)33)7-11-26(24)29)27(28-35-16-31)22-9-8-21(12-17(22)2)36-18(3)15-34-4/h6-14,16,18H,5,15H2,1-4H3. The predicted molar refractivity (Wildman–Crippen MR) is 138 cm³/mol. The number of aromatic nitrogens is 1. The molecule has 0 saturated heterocycles. The lowest BCUT2D eigenvalue weighted by Gasteiger charge is -2.16. The van der Waals surface area contributed by atoms with E-state index in [0.717, 1.165) is 32.9 Å². The number of hydrogen-bond donors (Lipinski definition) is 0. The third-order valence-electron chi connectivity index (χ3n) is 6.03. The van der Waals surface area contributed by atoms with Crippen LogP contribution in [0.4, 0.5) is 5.69 Å². The van der Waals surface area contributed by atoms with Gasteiger partial charge in [-0.3, -0.25) is 14.9 Å². The number of non-ortho nitro benzene ring substituents is 1. The minimum Gasteiger partial charge on any atom is -0.488 e. The van der Waals surface area contributed by atoms with Gasteiger partial charge in [0.1, 0.15) is 17.6 Å². The molecule has 0 saturated carbocycles. The second-order valence-corrected chi connectivity index (χ2v) is 8.44. The number of rotatable bonds is 10. The first-order valence-corrected chi connectivity index (χ1v) is 11.5. The predicted octanol–water partition coefficient (Wildman–Crippen LogP) is 5.37. The van der Waals surface area contributed by atoms with E-state index in [1.54, 1.807) is 19.2 Å². The first-order chi connectivity index (χ1) is 17.4. The van der Waals surface area contributed by atoms with E-state index in [2.05, 4.69) is 9.72 Å². The van der Waals surface area contributed by atoms with Crippen LogP contribution in [-0.2, 0) is 20.9 Å². The molecule has 1 unspecified atom stereocenters. The van der Waals surface area contributed by atoms with E-state index in [0.29, 0.717) is 30.2 Å². The topological polar surface area (TPSA) is 105 Å². The fourth-order valence-corrected chi connectivity index (χ4v) is 4.50. The second-order valence-electron chi connectivity index (χ2n) is 8.44. The van der Waals surface area contributed by atoms with Gasteiger partial charge in [0.05, 0.1) is 11.5 Å². The van der Waals surface area contributed by atoms with Crippen molar-refractivity contribution < 1.29 is 24.0 Å². The van der Waals surface area contributed by atoms with Crippen LogP contribution >= 0.6 is 0 Å². The van der Waals surface area contributed by atoms with Crippen molar-refractivity contribution in [2.45, 2.75) is 33.4 Å². The molecule has 9 nitrogen and oxygen atoms in total. The third kappa shape index (κ3) is 4.78. The lowest BCUT2D eigenvalue weighted by atomic mass is 9.96. The normalized spacial score (nSPS) is 12.6. The van der Waals surface area contributed by atoms with Gasteiger partial charge in [-0.05, 0) is 62.7 Å². The molecular formula is C27H27N3O6. The zero-order chi connectivity index (χ0) is 25.8. The first kappa shape index (κ1) is 24.9. The van der Waals surface area contributed by atoms with Crippen molar-refractivity contribution in [1.29, 1.82) is 0 Å². The molecule has 0 radical (unpaired) electrons. The van der Waals surface area contributed by atoms with Gasteiger partial charge < -0.3 is 18.9 Å². The fraction of sp³-hybridized carbons (Fsp3) is 0.259. The fourth-order valence-electron chi connectivity index (χ4n) is 4.50. The van der Waals surface area contributed by atoms with E-state index in [4.69, 9.17) is 14.3 Å². The van der Waals surface area contributed by atoms with Gasteiger partial charge in [-0.25, -0.2) is 0 Å². The molecule has 0 spiro atoms. The minimum atomic E-state index is -0.399. The highest BCUT2D eigenvalue weighted by Gasteiger charge is 2.18. The molecule has 9 heteroatoms. The van der Waals surface area contributed by atoms with Crippen LogP contribution in [0.3, 0.4) is 0 Å². The number of nitro groups is 1.